The van der Waals surface area contributed by atoms with Crippen molar-refractivity contribution in [1.29, 1.82) is 0 Å². The fraction of sp³-hybridized carbons (Fsp3) is 0.143. The van der Waals surface area contributed by atoms with Crippen molar-refractivity contribution in [3.05, 3.63) is 53.9 Å². The molecule has 1 aromatic heterocycles. The van der Waals surface area contributed by atoms with Crippen molar-refractivity contribution in [3.8, 4) is 0 Å². The highest BCUT2D eigenvalue weighted by molar-refractivity contribution is 6.07. The van der Waals surface area contributed by atoms with Gasteiger partial charge >= 0.3 is 0 Å². The van der Waals surface area contributed by atoms with Crippen molar-refractivity contribution < 1.29 is 13.6 Å². The molecule has 0 unspecified atom stereocenters. The van der Waals surface area contributed by atoms with Crippen LogP contribution in [0.3, 0.4) is 0 Å². The predicted octanol–water partition coefficient (Wildman–Crippen LogP) is 3.04. The minimum Gasteiger partial charge on any atom is -0.385 e. The van der Waals surface area contributed by atoms with E-state index in [1.54, 1.807) is 12.3 Å². The Morgan fingerprint density at radius 2 is 2.05 bits per heavy atom. The molecular formula is C14H13F2N3O. The molecule has 0 aliphatic carbocycles. The first-order chi connectivity index (χ1) is 9.61. The van der Waals surface area contributed by atoms with E-state index in [9.17, 15) is 13.6 Å². The minimum atomic E-state index is -0.827. The van der Waals surface area contributed by atoms with E-state index in [-0.39, 0.29) is 11.3 Å². The number of nitrogens with one attached hydrogen (secondary N) is 2. The lowest BCUT2D eigenvalue weighted by atomic mass is 10.2. The second-order valence-corrected chi connectivity index (χ2v) is 4.03. The van der Waals surface area contributed by atoms with Crippen LogP contribution in [0.4, 0.5) is 20.2 Å². The first-order valence-electron chi connectivity index (χ1n) is 6.06. The highest BCUT2D eigenvalue weighted by Crippen LogP contribution is 2.19. The molecule has 104 valence electrons. The van der Waals surface area contributed by atoms with Gasteiger partial charge in [0.1, 0.15) is 11.6 Å². The molecule has 1 aromatic carbocycles. The number of pyridine rings is 1. The summed E-state index contributed by atoms with van der Waals surface area (Å²) in [6, 6.07) is 4.61. The molecule has 0 atom stereocenters. The normalized spacial score (nSPS) is 10.2. The molecule has 0 spiro atoms. The number of carbonyl (C=O) groups is 1. The maximum absolute atomic E-state index is 13.5. The third-order valence-corrected chi connectivity index (χ3v) is 2.61. The highest BCUT2D eigenvalue weighted by atomic mass is 19.1. The number of hydrogen-bond acceptors (Lipinski definition) is 3. The molecule has 0 radical (unpaired) electrons. The van der Waals surface area contributed by atoms with Crippen LogP contribution in [0.15, 0.2) is 36.7 Å². The summed E-state index contributed by atoms with van der Waals surface area (Å²) in [4.78, 5) is 16.0. The molecular weight excluding hydrogens is 264 g/mol. The van der Waals surface area contributed by atoms with Crippen molar-refractivity contribution in [3.63, 3.8) is 0 Å². The summed E-state index contributed by atoms with van der Waals surface area (Å²) >= 11 is 0. The number of anilines is 2. The lowest BCUT2D eigenvalue weighted by Gasteiger charge is -2.11. The molecule has 4 nitrogen and oxygen atoms in total. The van der Waals surface area contributed by atoms with Crippen LogP contribution in [0.25, 0.3) is 0 Å². The maximum Gasteiger partial charge on any atom is 0.259 e. The van der Waals surface area contributed by atoms with E-state index < -0.39 is 17.5 Å². The van der Waals surface area contributed by atoms with Gasteiger partial charge in [0.05, 0.1) is 16.9 Å². The number of amides is 1. The smallest absolute Gasteiger partial charge is 0.259 e. The lowest BCUT2D eigenvalue weighted by Crippen LogP contribution is -2.16. The molecule has 0 fully saturated rings. The monoisotopic (exact) mass is 277 g/mol. The van der Waals surface area contributed by atoms with Gasteiger partial charge in [0.2, 0.25) is 0 Å². The first-order valence-corrected chi connectivity index (χ1v) is 6.06. The summed E-state index contributed by atoms with van der Waals surface area (Å²) < 4.78 is 26.3. The standard InChI is InChI=1S/C14H13F2N3O/c1-2-18-12-5-6-17-8-10(12)14(20)19-13-4-3-9(15)7-11(13)16/h3-8H,2H2,1H3,(H,17,18)(H,19,20). The van der Waals surface area contributed by atoms with Gasteiger partial charge < -0.3 is 10.6 Å². The zero-order valence-electron chi connectivity index (χ0n) is 10.8. The number of hydrogen-bond donors (Lipinski definition) is 2. The summed E-state index contributed by atoms with van der Waals surface area (Å²) in [5.41, 5.74) is 0.809. The van der Waals surface area contributed by atoms with Crippen molar-refractivity contribution in [2.24, 2.45) is 0 Å². The number of nitrogens with zero attached hydrogens (tertiary/aromatic N) is 1. The quantitative estimate of drug-likeness (QED) is 0.903. The van der Waals surface area contributed by atoms with Gasteiger partial charge in [-0.15, -0.1) is 0 Å². The Morgan fingerprint density at radius 3 is 2.75 bits per heavy atom. The maximum atomic E-state index is 13.5. The fourth-order valence-electron chi connectivity index (χ4n) is 1.70. The van der Waals surface area contributed by atoms with Gasteiger partial charge in [-0.05, 0) is 25.1 Å². The number of carbonyl (C=O) groups excluding carboxylic acids is 1. The molecule has 0 saturated carbocycles. The predicted molar refractivity (Wildman–Crippen MR) is 72.7 cm³/mol. The third kappa shape index (κ3) is 3.09. The average molecular weight is 277 g/mol. The molecule has 1 amide bonds. The zero-order chi connectivity index (χ0) is 14.5. The Kier molecular flexibility index (Phi) is 4.24. The van der Waals surface area contributed by atoms with Gasteiger partial charge in [-0.25, -0.2) is 8.78 Å². The molecule has 1 heterocycles. The number of aromatic nitrogens is 1. The van der Waals surface area contributed by atoms with Gasteiger partial charge in [0.25, 0.3) is 5.91 Å². The number of rotatable bonds is 4. The van der Waals surface area contributed by atoms with E-state index >= 15 is 0 Å². The molecule has 2 aromatic rings. The summed E-state index contributed by atoms with van der Waals surface area (Å²) in [6.07, 6.45) is 2.93. The van der Waals surface area contributed by atoms with E-state index in [0.717, 1.165) is 6.07 Å². The molecule has 0 aliphatic heterocycles. The van der Waals surface area contributed by atoms with Gasteiger partial charge in [-0.3, -0.25) is 9.78 Å². The second kappa shape index (κ2) is 6.10. The molecule has 0 bridgehead atoms. The largest absolute Gasteiger partial charge is 0.385 e. The topological polar surface area (TPSA) is 54.0 Å². The van der Waals surface area contributed by atoms with Gasteiger partial charge in [0, 0.05) is 25.0 Å². The van der Waals surface area contributed by atoms with E-state index in [4.69, 9.17) is 0 Å². The van der Waals surface area contributed by atoms with Gasteiger partial charge in [-0.1, -0.05) is 0 Å². The van der Waals surface area contributed by atoms with Crippen LogP contribution in [0.1, 0.15) is 17.3 Å². The Bertz CT molecular complexity index is 632. The van der Waals surface area contributed by atoms with Crippen LogP contribution >= 0.6 is 0 Å². The van der Waals surface area contributed by atoms with Crippen molar-refractivity contribution >= 4 is 17.3 Å². The minimum absolute atomic E-state index is 0.0808. The SMILES string of the molecule is CCNc1ccncc1C(=O)Nc1ccc(F)cc1F. The van der Waals surface area contributed by atoms with E-state index in [0.29, 0.717) is 18.3 Å². The Hall–Kier alpha value is -2.50. The molecule has 0 saturated heterocycles. The van der Waals surface area contributed by atoms with Crippen molar-refractivity contribution in [2.45, 2.75) is 6.92 Å². The van der Waals surface area contributed by atoms with E-state index in [1.807, 2.05) is 6.92 Å². The van der Waals surface area contributed by atoms with E-state index in [2.05, 4.69) is 15.6 Å². The number of benzene rings is 1. The number of halogens is 2. The van der Waals surface area contributed by atoms with E-state index in [1.165, 1.54) is 12.3 Å². The average Bonchev–Trinajstić information content (AvgIpc) is 2.43. The molecule has 2 N–H and O–H groups in total. The Balaban J connectivity index is 2.24. The fourth-order valence-corrected chi connectivity index (χ4v) is 1.70. The Morgan fingerprint density at radius 1 is 1.25 bits per heavy atom. The summed E-state index contributed by atoms with van der Waals surface area (Å²) in [6.45, 7) is 2.52. The van der Waals surface area contributed by atoms with Crippen LogP contribution in [0.5, 0.6) is 0 Å². The second-order valence-electron chi connectivity index (χ2n) is 4.03. The lowest BCUT2D eigenvalue weighted by molar-refractivity contribution is 0.102. The van der Waals surface area contributed by atoms with Crippen LogP contribution in [0.2, 0.25) is 0 Å². The van der Waals surface area contributed by atoms with Crippen LogP contribution in [0, 0.1) is 11.6 Å². The molecule has 2 rings (SSSR count). The van der Waals surface area contributed by atoms with Crippen LogP contribution < -0.4 is 10.6 Å². The van der Waals surface area contributed by atoms with Crippen molar-refractivity contribution in [2.75, 3.05) is 17.2 Å². The summed E-state index contributed by atoms with van der Waals surface area (Å²) in [7, 11) is 0. The summed E-state index contributed by atoms with van der Waals surface area (Å²) in [5.74, 6) is -2.04. The molecule has 20 heavy (non-hydrogen) atoms. The van der Waals surface area contributed by atoms with Gasteiger partial charge in [0.15, 0.2) is 0 Å². The Labute approximate surface area is 114 Å². The first kappa shape index (κ1) is 13.9. The highest BCUT2D eigenvalue weighted by Gasteiger charge is 2.13. The molecule has 6 heteroatoms. The summed E-state index contributed by atoms with van der Waals surface area (Å²) in [5, 5.41) is 5.40. The van der Waals surface area contributed by atoms with Crippen LogP contribution in [-0.2, 0) is 0 Å². The van der Waals surface area contributed by atoms with Gasteiger partial charge in [-0.2, -0.15) is 0 Å². The van der Waals surface area contributed by atoms with Crippen LogP contribution in [-0.4, -0.2) is 17.4 Å². The molecule has 0 aliphatic rings. The third-order valence-electron chi connectivity index (χ3n) is 2.61. The van der Waals surface area contributed by atoms with Crippen molar-refractivity contribution in [1.82, 2.24) is 4.98 Å². The zero-order valence-corrected chi connectivity index (χ0v) is 10.8.